The standard InChI is InChI=1S/C23H28N2O4S.BrH/c1-3-17(2)21(23(28)29)24-22(27)18-11-5-6-12-19(18)30-20(26)13-7-10-16-25-14-8-4-9-15-25;/h4-6,8-9,11-12,14-15,17,21H,3,7,10,13,16H2,1-2H3,(H-,24,27,28,29);1H. The summed E-state index contributed by atoms with van der Waals surface area (Å²) in [5, 5.41) is 12.0. The third-order valence-electron chi connectivity index (χ3n) is 4.95. The molecule has 2 aromatic rings. The number of carboxylic acid groups (broad SMARTS) is 1. The van der Waals surface area contributed by atoms with Crippen LogP contribution < -0.4 is 26.9 Å². The van der Waals surface area contributed by atoms with Crippen LogP contribution in [0.2, 0.25) is 0 Å². The smallest absolute Gasteiger partial charge is 0.326 e. The number of rotatable bonds is 11. The van der Waals surface area contributed by atoms with Gasteiger partial charge in [0.1, 0.15) is 12.6 Å². The van der Waals surface area contributed by atoms with Crippen LogP contribution in [0.15, 0.2) is 59.8 Å². The number of thioether (sulfide) groups is 1. The van der Waals surface area contributed by atoms with Gasteiger partial charge in [0.15, 0.2) is 17.5 Å². The summed E-state index contributed by atoms with van der Waals surface area (Å²) in [6, 6.07) is 11.8. The fourth-order valence-electron chi connectivity index (χ4n) is 2.97. The molecule has 2 unspecified atom stereocenters. The number of aryl methyl sites for hydroxylation is 1. The van der Waals surface area contributed by atoms with Crippen LogP contribution >= 0.6 is 11.8 Å². The van der Waals surface area contributed by atoms with Crippen LogP contribution in [0.5, 0.6) is 0 Å². The summed E-state index contributed by atoms with van der Waals surface area (Å²) in [4.78, 5) is 37.2. The maximum absolute atomic E-state index is 12.7. The van der Waals surface area contributed by atoms with Gasteiger partial charge in [-0.25, -0.2) is 9.36 Å². The molecule has 2 atom stereocenters. The number of benzene rings is 1. The summed E-state index contributed by atoms with van der Waals surface area (Å²) >= 11 is 1.04. The van der Waals surface area contributed by atoms with Crippen LogP contribution in [0, 0.1) is 5.92 Å². The maximum Gasteiger partial charge on any atom is 0.326 e. The van der Waals surface area contributed by atoms with Gasteiger partial charge in [0.25, 0.3) is 5.91 Å². The quantitative estimate of drug-likeness (QED) is 0.265. The second-order valence-electron chi connectivity index (χ2n) is 7.22. The highest BCUT2D eigenvalue weighted by Gasteiger charge is 2.26. The van der Waals surface area contributed by atoms with Crippen LogP contribution in [0.1, 0.15) is 49.9 Å². The molecule has 0 aliphatic heterocycles. The highest BCUT2D eigenvalue weighted by molar-refractivity contribution is 8.13. The molecule has 1 aromatic carbocycles. The van der Waals surface area contributed by atoms with Crippen LogP contribution in [0.4, 0.5) is 0 Å². The molecule has 2 N–H and O–H groups in total. The van der Waals surface area contributed by atoms with E-state index < -0.39 is 17.9 Å². The van der Waals surface area contributed by atoms with Crippen LogP contribution in [-0.2, 0) is 16.1 Å². The molecular weight excluding hydrogens is 480 g/mol. The van der Waals surface area contributed by atoms with Crippen LogP contribution in [0.25, 0.3) is 0 Å². The van der Waals surface area contributed by atoms with Crippen molar-refractivity contribution in [2.24, 2.45) is 5.92 Å². The highest BCUT2D eigenvalue weighted by Crippen LogP contribution is 2.25. The number of halogens is 1. The number of amides is 1. The van der Waals surface area contributed by atoms with Crippen molar-refractivity contribution in [1.82, 2.24) is 5.32 Å². The average Bonchev–Trinajstić information content (AvgIpc) is 2.75. The first-order valence-electron chi connectivity index (χ1n) is 10.2. The Hall–Kier alpha value is -2.19. The van der Waals surface area contributed by atoms with E-state index in [9.17, 15) is 19.5 Å². The Morgan fingerprint density at radius 3 is 2.39 bits per heavy atom. The zero-order chi connectivity index (χ0) is 21.9. The maximum atomic E-state index is 12.7. The van der Waals surface area contributed by atoms with Crippen molar-refractivity contribution < 1.29 is 41.0 Å². The van der Waals surface area contributed by atoms with Crippen LogP contribution in [0.3, 0.4) is 0 Å². The zero-order valence-electron chi connectivity index (χ0n) is 17.8. The number of hydrogen-bond acceptors (Lipinski definition) is 4. The van der Waals surface area contributed by atoms with Gasteiger partial charge < -0.3 is 27.4 Å². The topological polar surface area (TPSA) is 87.4 Å². The van der Waals surface area contributed by atoms with Gasteiger partial charge in [0.05, 0.1) is 5.56 Å². The first-order chi connectivity index (χ1) is 14.4. The molecule has 31 heavy (non-hydrogen) atoms. The van der Waals surface area contributed by atoms with Crippen molar-refractivity contribution in [1.29, 1.82) is 0 Å². The highest BCUT2D eigenvalue weighted by atomic mass is 79.9. The molecule has 0 spiro atoms. The van der Waals surface area contributed by atoms with E-state index in [2.05, 4.69) is 9.88 Å². The van der Waals surface area contributed by atoms with Crippen molar-refractivity contribution in [2.45, 2.75) is 57.0 Å². The predicted octanol–water partition coefficient (Wildman–Crippen LogP) is 0.696. The van der Waals surface area contributed by atoms with E-state index in [1.807, 2.05) is 37.5 Å². The summed E-state index contributed by atoms with van der Waals surface area (Å²) in [6.45, 7) is 4.52. The lowest BCUT2D eigenvalue weighted by Crippen LogP contribution is -3.00. The Kier molecular flexibility index (Phi) is 12.1. The van der Waals surface area contributed by atoms with E-state index in [0.29, 0.717) is 23.3 Å². The summed E-state index contributed by atoms with van der Waals surface area (Å²) in [7, 11) is 0. The molecule has 8 heteroatoms. The normalized spacial score (nSPS) is 12.3. The number of unbranched alkanes of at least 4 members (excludes halogenated alkanes) is 1. The monoisotopic (exact) mass is 508 g/mol. The Morgan fingerprint density at radius 2 is 1.74 bits per heavy atom. The van der Waals surface area contributed by atoms with E-state index in [1.165, 1.54) is 0 Å². The molecule has 2 rings (SSSR count). The summed E-state index contributed by atoms with van der Waals surface area (Å²) in [6.07, 6.45) is 6.69. The minimum absolute atomic E-state index is 0. The predicted molar refractivity (Wildman–Crippen MR) is 116 cm³/mol. The molecule has 1 aromatic heterocycles. The second kappa shape index (κ2) is 14.0. The minimum Gasteiger partial charge on any atom is -1.00 e. The van der Waals surface area contributed by atoms with Gasteiger partial charge in [-0.1, -0.05) is 50.2 Å². The Labute approximate surface area is 198 Å². The number of aliphatic carboxylic acids is 1. The van der Waals surface area contributed by atoms with Crippen molar-refractivity contribution in [3.05, 3.63) is 60.4 Å². The van der Waals surface area contributed by atoms with E-state index in [4.69, 9.17) is 0 Å². The number of nitrogens with zero attached hydrogens (tertiary/aromatic N) is 1. The number of nitrogens with one attached hydrogen (secondary N) is 1. The van der Waals surface area contributed by atoms with E-state index in [-0.39, 0.29) is 28.0 Å². The molecule has 0 saturated carbocycles. The van der Waals surface area contributed by atoms with Crippen LogP contribution in [-0.4, -0.2) is 28.1 Å². The summed E-state index contributed by atoms with van der Waals surface area (Å²) in [5.74, 6) is -1.73. The van der Waals surface area contributed by atoms with Crippen molar-refractivity contribution >= 4 is 28.8 Å². The summed E-state index contributed by atoms with van der Waals surface area (Å²) < 4.78 is 2.08. The van der Waals surface area contributed by atoms with E-state index in [1.54, 1.807) is 31.2 Å². The molecular formula is C23H29BrN2O4S. The third kappa shape index (κ3) is 8.83. The number of hydrogen-bond donors (Lipinski definition) is 2. The van der Waals surface area contributed by atoms with Gasteiger partial charge in [-0.05, 0) is 24.5 Å². The molecule has 6 nitrogen and oxygen atoms in total. The molecule has 0 radical (unpaired) electrons. The molecule has 0 bridgehead atoms. The molecule has 0 fully saturated rings. The van der Waals surface area contributed by atoms with Gasteiger partial charge >= 0.3 is 5.97 Å². The Morgan fingerprint density at radius 1 is 1.06 bits per heavy atom. The van der Waals surface area contributed by atoms with Gasteiger partial charge in [-0.2, -0.15) is 0 Å². The number of carbonyl (C=O) groups excluding carboxylic acids is 2. The Bertz CT molecular complexity index is 864. The number of pyridine rings is 1. The van der Waals surface area contributed by atoms with Gasteiger partial charge in [-0.15, -0.1) is 0 Å². The number of aromatic nitrogens is 1. The van der Waals surface area contributed by atoms with Crippen molar-refractivity contribution in [2.75, 3.05) is 0 Å². The van der Waals surface area contributed by atoms with Gasteiger partial charge in [0, 0.05) is 29.9 Å². The summed E-state index contributed by atoms with van der Waals surface area (Å²) in [5.41, 5.74) is 0.324. The van der Waals surface area contributed by atoms with E-state index >= 15 is 0 Å². The van der Waals surface area contributed by atoms with Gasteiger partial charge in [-0.3, -0.25) is 9.59 Å². The molecule has 168 valence electrons. The van der Waals surface area contributed by atoms with Crippen molar-refractivity contribution in [3.8, 4) is 0 Å². The molecule has 0 aliphatic carbocycles. The first-order valence-corrected chi connectivity index (χ1v) is 11.0. The largest absolute Gasteiger partial charge is 1.00 e. The fourth-order valence-corrected chi connectivity index (χ4v) is 3.88. The number of carboxylic acids is 1. The molecule has 0 aliphatic rings. The molecule has 0 saturated heterocycles. The lowest BCUT2D eigenvalue weighted by atomic mass is 9.99. The van der Waals surface area contributed by atoms with Gasteiger partial charge in [0.2, 0.25) is 0 Å². The third-order valence-corrected chi connectivity index (χ3v) is 5.95. The fraction of sp³-hybridized carbons (Fsp3) is 0.391. The lowest BCUT2D eigenvalue weighted by Gasteiger charge is -2.20. The Balaban J connectivity index is 0.00000480. The molecule has 1 amide bonds. The zero-order valence-corrected chi connectivity index (χ0v) is 20.2. The number of carbonyl (C=O) groups is 3. The average molecular weight is 509 g/mol. The minimum atomic E-state index is -1.06. The second-order valence-corrected chi connectivity index (χ2v) is 8.31. The van der Waals surface area contributed by atoms with Crippen molar-refractivity contribution in [3.63, 3.8) is 0 Å². The SMILES string of the molecule is CCC(C)C(NC(=O)c1ccccc1SC(=O)CCCC[n+]1ccccc1)C(=O)O.[Br-]. The molecule has 1 heterocycles. The lowest BCUT2D eigenvalue weighted by molar-refractivity contribution is -0.697. The first kappa shape index (κ1) is 26.8. The van der Waals surface area contributed by atoms with E-state index in [0.717, 1.165) is 31.1 Å².